The second kappa shape index (κ2) is 4.90. The molecular formula is C11H4ClF3N2. The zero-order valence-corrected chi connectivity index (χ0v) is 8.97. The van der Waals surface area contributed by atoms with E-state index in [0.29, 0.717) is 0 Å². The van der Waals surface area contributed by atoms with Gasteiger partial charge in [-0.15, -0.1) is 0 Å². The molecule has 1 rings (SSSR count). The molecule has 0 saturated carbocycles. The zero-order chi connectivity index (χ0) is 13.1. The van der Waals surface area contributed by atoms with E-state index >= 15 is 0 Å². The molecule has 0 amide bonds. The van der Waals surface area contributed by atoms with Crippen molar-refractivity contribution in [2.75, 3.05) is 0 Å². The Labute approximate surface area is 100 Å². The molecular weight excluding hydrogens is 253 g/mol. The summed E-state index contributed by atoms with van der Waals surface area (Å²) >= 11 is 5.47. The highest BCUT2D eigenvalue weighted by Crippen LogP contribution is 2.35. The highest BCUT2D eigenvalue weighted by Gasteiger charge is 2.32. The number of benzene rings is 1. The molecule has 0 aliphatic rings. The number of nitrogens with zero attached hydrogens (tertiary/aromatic N) is 2. The molecule has 0 bridgehead atoms. The van der Waals surface area contributed by atoms with Gasteiger partial charge in [0.1, 0.15) is 17.7 Å². The maximum Gasteiger partial charge on any atom is 0.417 e. The minimum Gasteiger partial charge on any atom is -0.192 e. The predicted octanol–water partition coefficient (Wildman–Crippen LogP) is 3.79. The van der Waals surface area contributed by atoms with E-state index in [4.69, 9.17) is 22.1 Å². The van der Waals surface area contributed by atoms with Crippen molar-refractivity contribution in [3.63, 3.8) is 0 Å². The van der Waals surface area contributed by atoms with Crippen LogP contribution < -0.4 is 0 Å². The topological polar surface area (TPSA) is 47.6 Å². The van der Waals surface area contributed by atoms with Crippen LogP contribution in [0.3, 0.4) is 0 Å². The highest BCUT2D eigenvalue weighted by atomic mass is 35.5. The summed E-state index contributed by atoms with van der Waals surface area (Å²) in [6.45, 7) is 0. The normalized spacial score (nSPS) is 10.2. The largest absolute Gasteiger partial charge is 0.417 e. The quantitative estimate of drug-likeness (QED) is 0.718. The van der Waals surface area contributed by atoms with Gasteiger partial charge in [-0.25, -0.2) is 0 Å². The molecule has 0 fully saturated rings. The fourth-order valence-corrected chi connectivity index (χ4v) is 1.40. The maximum absolute atomic E-state index is 12.4. The smallest absolute Gasteiger partial charge is 0.192 e. The predicted molar refractivity (Wildman–Crippen MR) is 55.7 cm³/mol. The third-order valence-corrected chi connectivity index (χ3v) is 2.16. The van der Waals surface area contributed by atoms with Gasteiger partial charge in [0, 0.05) is 0 Å². The van der Waals surface area contributed by atoms with Crippen molar-refractivity contribution in [1.29, 1.82) is 10.5 Å². The molecule has 0 radical (unpaired) electrons. The lowest BCUT2D eigenvalue weighted by Gasteiger charge is -2.08. The van der Waals surface area contributed by atoms with Crippen LogP contribution in [0.15, 0.2) is 23.8 Å². The number of allylic oxidation sites excluding steroid dienone is 1. The van der Waals surface area contributed by atoms with E-state index in [1.54, 1.807) is 12.1 Å². The van der Waals surface area contributed by atoms with Gasteiger partial charge >= 0.3 is 6.18 Å². The first-order valence-electron chi connectivity index (χ1n) is 4.27. The number of alkyl halides is 3. The first-order chi connectivity index (χ1) is 7.88. The van der Waals surface area contributed by atoms with Crippen molar-refractivity contribution < 1.29 is 13.2 Å². The molecule has 2 nitrogen and oxygen atoms in total. The van der Waals surface area contributed by atoms with Crippen molar-refractivity contribution in [2.24, 2.45) is 0 Å². The Hall–Kier alpha value is -1.98. The molecule has 6 heteroatoms. The highest BCUT2D eigenvalue weighted by molar-refractivity contribution is 6.31. The summed E-state index contributed by atoms with van der Waals surface area (Å²) in [5.74, 6) is 0. The molecule has 0 aliphatic heterocycles. The van der Waals surface area contributed by atoms with Crippen LogP contribution in [0.2, 0.25) is 5.02 Å². The molecule has 0 aliphatic carbocycles. The van der Waals surface area contributed by atoms with Crippen LogP contribution in [0.25, 0.3) is 6.08 Å². The van der Waals surface area contributed by atoms with E-state index in [1.165, 1.54) is 0 Å². The van der Waals surface area contributed by atoms with Crippen molar-refractivity contribution in [2.45, 2.75) is 6.18 Å². The number of hydrogen-bond acceptors (Lipinski definition) is 2. The summed E-state index contributed by atoms with van der Waals surface area (Å²) < 4.78 is 37.1. The van der Waals surface area contributed by atoms with Gasteiger partial charge in [0.25, 0.3) is 0 Å². The van der Waals surface area contributed by atoms with E-state index < -0.39 is 16.8 Å². The lowest BCUT2D eigenvalue weighted by Crippen LogP contribution is -2.05. The standard InChI is InChI=1S/C11H4ClF3N2/c12-10-4-7(3-8(5-16)6-17)1-2-9(10)11(13,14)15/h1-4H. The Balaban J connectivity index is 3.21. The van der Waals surface area contributed by atoms with Crippen LogP contribution in [0.1, 0.15) is 11.1 Å². The number of nitriles is 2. The molecule has 1 aromatic carbocycles. The first-order valence-corrected chi connectivity index (χ1v) is 4.65. The summed E-state index contributed by atoms with van der Waals surface area (Å²) in [6, 6.07) is 6.20. The summed E-state index contributed by atoms with van der Waals surface area (Å²) in [5, 5.41) is 16.5. The number of halogens is 4. The van der Waals surface area contributed by atoms with E-state index in [9.17, 15) is 13.2 Å². The van der Waals surface area contributed by atoms with Gasteiger partial charge in [-0.05, 0) is 23.8 Å². The Bertz CT molecular complexity index is 531. The van der Waals surface area contributed by atoms with E-state index in [0.717, 1.165) is 24.3 Å². The van der Waals surface area contributed by atoms with Crippen molar-refractivity contribution in [3.05, 3.63) is 39.9 Å². The summed E-state index contributed by atoms with van der Waals surface area (Å²) in [7, 11) is 0. The van der Waals surface area contributed by atoms with Crippen LogP contribution >= 0.6 is 11.6 Å². The summed E-state index contributed by atoms with van der Waals surface area (Å²) in [5.41, 5.74) is -0.895. The van der Waals surface area contributed by atoms with Crippen LogP contribution in [0, 0.1) is 22.7 Å². The van der Waals surface area contributed by atoms with Gasteiger partial charge in [0.15, 0.2) is 0 Å². The Morgan fingerprint density at radius 2 is 1.82 bits per heavy atom. The SMILES string of the molecule is N#CC(C#N)=Cc1ccc(C(F)(F)F)c(Cl)c1. The van der Waals surface area contributed by atoms with E-state index in [1.807, 2.05) is 0 Å². The first kappa shape index (κ1) is 13.1. The Morgan fingerprint density at radius 1 is 1.24 bits per heavy atom. The summed E-state index contributed by atoms with van der Waals surface area (Å²) in [6.07, 6.45) is -3.36. The van der Waals surface area contributed by atoms with Crippen molar-refractivity contribution in [1.82, 2.24) is 0 Å². The molecule has 1 aromatic rings. The maximum atomic E-state index is 12.4. The minimum atomic E-state index is -4.52. The molecule has 0 N–H and O–H groups in total. The Morgan fingerprint density at radius 3 is 2.24 bits per heavy atom. The lowest BCUT2D eigenvalue weighted by molar-refractivity contribution is -0.137. The molecule has 0 heterocycles. The third-order valence-electron chi connectivity index (χ3n) is 1.85. The van der Waals surface area contributed by atoms with Gasteiger partial charge < -0.3 is 0 Å². The number of hydrogen-bond donors (Lipinski definition) is 0. The Kier molecular flexibility index (Phi) is 3.77. The molecule has 0 aromatic heterocycles. The molecule has 0 unspecified atom stereocenters. The zero-order valence-electron chi connectivity index (χ0n) is 8.22. The lowest BCUT2D eigenvalue weighted by atomic mass is 10.1. The second-order valence-corrected chi connectivity index (χ2v) is 3.43. The van der Waals surface area contributed by atoms with Crippen molar-refractivity contribution >= 4 is 17.7 Å². The summed E-state index contributed by atoms with van der Waals surface area (Å²) in [4.78, 5) is 0. The fraction of sp³-hybridized carbons (Fsp3) is 0.0909. The fourth-order valence-electron chi connectivity index (χ4n) is 1.11. The van der Waals surface area contributed by atoms with E-state index in [-0.39, 0.29) is 11.1 Å². The van der Waals surface area contributed by atoms with Crippen LogP contribution in [0.5, 0.6) is 0 Å². The van der Waals surface area contributed by atoms with Gasteiger partial charge in [-0.3, -0.25) is 0 Å². The minimum absolute atomic E-state index is 0.208. The van der Waals surface area contributed by atoms with Crippen LogP contribution in [0.4, 0.5) is 13.2 Å². The van der Waals surface area contributed by atoms with Gasteiger partial charge in [0.05, 0.1) is 10.6 Å². The molecule has 0 saturated heterocycles. The average Bonchev–Trinajstić information content (AvgIpc) is 2.24. The second-order valence-electron chi connectivity index (χ2n) is 3.02. The molecule has 86 valence electrons. The molecule has 0 spiro atoms. The van der Waals surface area contributed by atoms with Crippen LogP contribution in [-0.2, 0) is 6.18 Å². The average molecular weight is 257 g/mol. The van der Waals surface area contributed by atoms with E-state index in [2.05, 4.69) is 0 Å². The van der Waals surface area contributed by atoms with Gasteiger partial charge in [-0.2, -0.15) is 23.7 Å². The monoisotopic (exact) mass is 256 g/mol. The van der Waals surface area contributed by atoms with Gasteiger partial charge in [0.2, 0.25) is 0 Å². The number of rotatable bonds is 1. The third kappa shape index (κ3) is 3.24. The molecule has 17 heavy (non-hydrogen) atoms. The molecule has 0 atom stereocenters. The van der Waals surface area contributed by atoms with Crippen molar-refractivity contribution in [3.8, 4) is 12.1 Å². The van der Waals surface area contributed by atoms with Gasteiger partial charge in [-0.1, -0.05) is 17.7 Å². The van der Waals surface area contributed by atoms with Crippen LogP contribution in [-0.4, -0.2) is 0 Å².